The van der Waals surface area contributed by atoms with E-state index in [1.54, 1.807) is 36.7 Å². The highest BCUT2D eigenvalue weighted by atomic mass is 35.5. The van der Waals surface area contributed by atoms with E-state index < -0.39 is 0 Å². The second-order valence-electron chi connectivity index (χ2n) is 4.88. The van der Waals surface area contributed by atoms with Crippen molar-refractivity contribution in [3.05, 3.63) is 45.4 Å². The van der Waals surface area contributed by atoms with Gasteiger partial charge in [0.2, 0.25) is 5.91 Å². The minimum atomic E-state index is -0.305. The van der Waals surface area contributed by atoms with Crippen LogP contribution in [0.25, 0.3) is 0 Å². The molecule has 0 fully saturated rings. The number of nitrogens with two attached hydrogens (primary N) is 1. The topological polar surface area (TPSA) is 88.3 Å². The van der Waals surface area contributed by atoms with Crippen molar-refractivity contribution in [1.29, 1.82) is 0 Å². The quantitative estimate of drug-likeness (QED) is 0.794. The summed E-state index contributed by atoms with van der Waals surface area (Å²) in [6.07, 6.45) is 0.636. The lowest BCUT2D eigenvalue weighted by molar-refractivity contribution is -0.116. The Morgan fingerprint density at radius 2 is 2.17 bits per heavy atom. The highest BCUT2D eigenvalue weighted by Crippen LogP contribution is 2.15. The Morgan fingerprint density at radius 3 is 2.83 bits per heavy atom. The predicted molar refractivity (Wildman–Crippen MR) is 99.2 cm³/mol. The van der Waals surface area contributed by atoms with Gasteiger partial charge in [-0.25, -0.2) is 4.98 Å². The van der Waals surface area contributed by atoms with Gasteiger partial charge in [0.05, 0.1) is 11.6 Å². The maximum atomic E-state index is 12.2. The first-order valence-electron chi connectivity index (χ1n) is 6.95. The number of hydrogen-bond donors (Lipinski definition) is 2. The summed E-state index contributed by atoms with van der Waals surface area (Å²) in [4.78, 5) is 29.8. The first-order valence-corrected chi connectivity index (χ1v) is 8.20. The summed E-state index contributed by atoms with van der Waals surface area (Å²) in [5, 5.41) is 5.72. The van der Waals surface area contributed by atoms with E-state index in [1.807, 2.05) is 0 Å². The molecule has 2 aromatic rings. The Hall–Kier alpha value is -1.67. The zero-order valence-electron chi connectivity index (χ0n) is 13.0. The van der Waals surface area contributed by atoms with Gasteiger partial charge in [-0.1, -0.05) is 17.7 Å². The number of carbonyl (C=O) groups is 2. The van der Waals surface area contributed by atoms with Crippen molar-refractivity contribution in [3.8, 4) is 0 Å². The van der Waals surface area contributed by atoms with Gasteiger partial charge in [0, 0.05) is 29.6 Å². The zero-order valence-corrected chi connectivity index (χ0v) is 15.4. The van der Waals surface area contributed by atoms with Crippen LogP contribution in [0, 0.1) is 0 Å². The maximum absolute atomic E-state index is 12.2. The van der Waals surface area contributed by atoms with Crippen LogP contribution in [0.4, 0.5) is 5.69 Å². The number of hydrogen-bond acceptors (Lipinski definition) is 5. The lowest BCUT2D eigenvalue weighted by Crippen LogP contribution is -2.35. The summed E-state index contributed by atoms with van der Waals surface area (Å²) < 4.78 is 0. The normalized spacial score (nSPS) is 9.96. The number of amides is 2. The van der Waals surface area contributed by atoms with E-state index in [1.165, 1.54) is 16.2 Å². The van der Waals surface area contributed by atoms with E-state index in [9.17, 15) is 9.59 Å². The fourth-order valence-electron chi connectivity index (χ4n) is 1.90. The van der Waals surface area contributed by atoms with E-state index in [0.717, 1.165) is 5.01 Å². The molecular weight excluding hydrogens is 371 g/mol. The van der Waals surface area contributed by atoms with Crippen molar-refractivity contribution in [2.24, 2.45) is 5.73 Å². The summed E-state index contributed by atoms with van der Waals surface area (Å²) in [6, 6.07) is 6.82. The van der Waals surface area contributed by atoms with Crippen LogP contribution in [0.3, 0.4) is 0 Å². The Kier molecular flexibility index (Phi) is 8.14. The van der Waals surface area contributed by atoms with Crippen molar-refractivity contribution in [2.75, 3.05) is 25.5 Å². The van der Waals surface area contributed by atoms with Crippen LogP contribution < -0.4 is 11.1 Å². The average molecular weight is 389 g/mol. The molecule has 1 aromatic carbocycles. The molecule has 0 radical (unpaired) electrons. The summed E-state index contributed by atoms with van der Waals surface area (Å²) in [6.45, 7) is 0.411. The van der Waals surface area contributed by atoms with E-state index in [0.29, 0.717) is 29.4 Å². The Bertz CT molecular complexity index is 708. The van der Waals surface area contributed by atoms with Crippen LogP contribution in [0.1, 0.15) is 15.5 Å². The van der Waals surface area contributed by atoms with Crippen molar-refractivity contribution in [2.45, 2.75) is 6.42 Å². The number of halogens is 2. The molecule has 6 nitrogen and oxygen atoms in total. The third kappa shape index (κ3) is 5.76. The molecule has 9 heteroatoms. The predicted octanol–water partition coefficient (Wildman–Crippen LogP) is 2.43. The van der Waals surface area contributed by atoms with Gasteiger partial charge in [-0.3, -0.25) is 9.59 Å². The number of benzene rings is 1. The molecule has 0 unspecified atom stereocenters. The molecule has 0 aliphatic heterocycles. The maximum Gasteiger partial charge on any atom is 0.273 e. The van der Waals surface area contributed by atoms with Gasteiger partial charge in [0.15, 0.2) is 0 Å². The molecule has 1 heterocycles. The third-order valence-electron chi connectivity index (χ3n) is 2.96. The molecule has 0 aliphatic rings. The molecule has 1 aromatic heterocycles. The number of nitrogens with one attached hydrogen (secondary N) is 1. The number of nitrogens with zero attached hydrogens (tertiary/aromatic N) is 2. The number of carbonyl (C=O) groups excluding carboxylic acids is 2. The van der Waals surface area contributed by atoms with E-state index >= 15 is 0 Å². The fourth-order valence-corrected chi connectivity index (χ4v) is 2.88. The van der Waals surface area contributed by atoms with E-state index in [-0.39, 0.29) is 30.8 Å². The van der Waals surface area contributed by atoms with Gasteiger partial charge in [-0.15, -0.1) is 23.7 Å². The number of thiazole rings is 1. The second kappa shape index (κ2) is 9.58. The van der Waals surface area contributed by atoms with Crippen molar-refractivity contribution < 1.29 is 9.59 Å². The van der Waals surface area contributed by atoms with Crippen LogP contribution >= 0.6 is 35.3 Å². The highest BCUT2D eigenvalue weighted by Gasteiger charge is 2.18. The number of anilines is 1. The van der Waals surface area contributed by atoms with Crippen LogP contribution in [0.15, 0.2) is 29.6 Å². The van der Waals surface area contributed by atoms with Crippen molar-refractivity contribution >= 4 is 52.8 Å². The van der Waals surface area contributed by atoms with Crippen LogP contribution in [-0.2, 0) is 11.2 Å². The van der Waals surface area contributed by atoms with E-state index in [2.05, 4.69) is 10.3 Å². The summed E-state index contributed by atoms with van der Waals surface area (Å²) in [5.41, 5.74) is 6.38. The number of likely N-dealkylation sites (N-methyl/N-ethyl adjacent to an activating group) is 1. The van der Waals surface area contributed by atoms with E-state index in [4.69, 9.17) is 17.3 Å². The van der Waals surface area contributed by atoms with Gasteiger partial charge in [-0.2, -0.15) is 0 Å². The molecule has 2 amide bonds. The largest absolute Gasteiger partial charge is 0.331 e. The third-order valence-corrected chi connectivity index (χ3v) is 4.11. The van der Waals surface area contributed by atoms with Crippen molar-refractivity contribution in [1.82, 2.24) is 9.88 Å². The SMILES string of the molecule is CN(CC(=O)Nc1cccc(Cl)c1)C(=O)c1csc(CCN)n1.Cl. The molecular formula is C15H18Cl2N4O2S. The highest BCUT2D eigenvalue weighted by molar-refractivity contribution is 7.09. The van der Waals surface area contributed by atoms with Gasteiger partial charge in [0.25, 0.3) is 5.91 Å². The minimum Gasteiger partial charge on any atom is -0.331 e. The number of rotatable bonds is 6. The zero-order chi connectivity index (χ0) is 16.8. The average Bonchev–Trinajstić information content (AvgIpc) is 2.95. The molecule has 24 heavy (non-hydrogen) atoms. The minimum absolute atomic E-state index is 0. The first kappa shape index (κ1) is 20.4. The van der Waals surface area contributed by atoms with Crippen LogP contribution in [0.5, 0.6) is 0 Å². The first-order chi connectivity index (χ1) is 11.0. The molecule has 0 saturated heterocycles. The monoisotopic (exact) mass is 388 g/mol. The van der Waals surface area contributed by atoms with Gasteiger partial charge in [-0.05, 0) is 24.7 Å². The molecule has 0 aliphatic carbocycles. The van der Waals surface area contributed by atoms with Crippen LogP contribution in [0.2, 0.25) is 5.02 Å². The second-order valence-corrected chi connectivity index (χ2v) is 6.26. The lowest BCUT2D eigenvalue weighted by Gasteiger charge is -2.15. The van der Waals surface area contributed by atoms with Gasteiger partial charge >= 0.3 is 0 Å². The van der Waals surface area contributed by atoms with Gasteiger partial charge < -0.3 is 16.0 Å². The van der Waals surface area contributed by atoms with Crippen molar-refractivity contribution in [3.63, 3.8) is 0 Å². The molecule has 0 saturated carbocycles. The molecule has 0 bridgehead atoms. The fraction of sp³-hybridized carbons (Fsp3) is 0.267. The lowest BCUT2D eigenvalue weighted by atomic mass is 10.3. The number of aromatic nitrogens is 1. The molecule has 3 N–H and O–H groups in total. The molecule has 0 spiro atoms. The standard InChI is InChI=1S/C15H17ClN4O2S.ClH/c1-20(15(22)12-9-23-14(19-12)5-6-17)8-13(21)18-11-4-2-3-10(16)7-11;/h2-4,7,9H,5-6,8,17H2,1H3,(H,18,21);1H. The smallest absolute Gasteiger partial charge is 0.273 e. The Morgan fingerprint density at radius 1 is 1.42 bits per heavy atom. The summed E-state index contributed by atoms with van der Waals surface area (Å²) in [5.74, 6) is -0.605. The van der Waals surface area contributed by atoms with Gasteiger partial charge in [0.1, 0.15) is 5.69 Å². The molecule has 2 rings (SSSR count). The molecule has 0 atom stereocenters. The Balaban J connectivity index is 0.00000288. The summed E-state index contributed by atoms with van der Waals surface area (Å²) in [7, 11) is 1.56. The molecule has 130 valence electrons. The summed E-state index contributed by atoms with van der Waals surface area (Å²) >= 11 is 7.25. The Labute approximate surface area is 155 Å². The van der Waals surface area contributed by atoms with Crippen LogP contribution in [-0.4, -0.2) is 41.8 Å².